The van der Waals surface area contributed by atoms with Gasteiger partial charge in [0.2, 0.25) is 0 Å². The van der Waals surface area contributed by atoms with Crippen LogP contribution in [0.3, 0.4) is 0 Å². The predicted molar refractivity (Wildman–Crippen MR) is 88.2 cm³/mol. The number of methoxy groups -OCH3 is 1. The molecule has 1 aromatic heterocycles. The Labute approximate surface area is 136 Å². The summed E-state index contributed by atoms with van der Waals surface area (Å²) < 4.78 is 7.09. The summed E-state index contributed by atoms with van der Waals surface area (Å²) in [4.78, 5) is 14.5. The smallest absolute Gasteiger partial charge is 0.274 e. The van der Waals surface area contributed by atoms with Crippen molar-refractivity contribution in [3.8, 4) is 11.4 Å². The predicted octanol–water partition coefficient (Wildman–Crippen LogP) is 1.62. The molecule has 1 atom stereocenters. The van der Waals surface area contributed by atoms with Crippen LogP contribution in [0.4, 0.5) is 0 Å². The molecule has 0 bridgehead atoms. The van der Waals surface area contributed by atoms with Crippen LogP contribution in [0.5, 0.6) is 5.75 Å². The fourth-order valence-electron chi connectivity index (χ4n) is 2.84. The lowest BCUT2D eigenvalue weighted by Crippen LogP contribution is -2.52. The third-order valence-electron chi connectivity index (χ3n) is 4.15. The van der Waals surface area contributed by atoms with E-state index in [1.165, 1.54) is 0 Å². The van der Waals surface area contributed by atoms with Gasteiger partial charge < -0.3 is 15.0 Å². The average molecular weight is 314 g/mol. The summed E-state index contributed by atoms with van der Waals surface area (Å²) in [6.45, 7) is 6.41. The largest absolute Gasteiger partial charge is 0.494 e. The Hall–Kier alpha value is -2.34. The first-order chi connectivity index (χ1) is 11.1. The van der Waals surface area contributed by atoms with Crippen molar-refractivity contribution < 1.29 is 9.53 Å². The molecule has 1 aliphatic heterocycles. The Morgan fingerprint density at radius 3 is 2.96 bits per heavy atom. The highest BCUT2D eigenvalue weighted by atomic mass is 16.5. The number of aromatic nitrogens is 2. The molecule has 2 aromatic rings. The molecular formula is C17H22N4O2. The zero-order valence-corrected chi connectivity index (χ0v) is 13.7. The van der Waals surface area contributed by atoms with E-state index in [1.807, 2.05) is 36.9 Å². The van der Waals surface area contributed by atoms with Gasteiger partial charge in [-0.15, -0.1) is 0 Å². The molecule has 0 unspecified atom stereocenters. The highest BCUT2D eigenvalue weighted by Crippen LogP contribution is 2.23. The number of hydrogen-bond acceptors (Lipinski definition) is 4. The van der Waals surface area contributed by atoms with Crippen molar-refractivity contribution in [2.45, 2.75) is 19.9 Å². The van der Waals surface area contributed by atoms with Gasteiger partial charge in [-0.3, -0.25) is 4.79 Å². The maximum Gasteiger partial charge on any atom is 0.274 e. The van der Waals surface area contributed by atoms with Gasteiger partial charge in [0.1, 0.15) is 11.4 Å². The number of amides is 1. The monoisotopic (exact) mass is 314 g/mol. The molecular weight excluding hydrogens is 292 g/mol. The number of nitrogens with zero attached hydrogens (tertiary/aromatic N) is 3. The van der Waals surface area contributed by atoms with Crippen LogP contribution in [-0.4, -0.2) is 53.4 Å². The van der Waals surface area contributed by atoms with Crippen LogP contribution >= 0.6 is 0 Å². The Kier molecular flexibility index (Phi) is 4.34. The molecule has 1 fully saturated rings. The summed E-state index contributed by atoms with van der Waals surface area (Å²) in [7, 11) is 1.63. The van der Waals surface area contributed by atoms with Gasteiger partial charge in [0.05, 0.1) is 7.11 Å². The number of rotatable bonds is 3. The van der Waals surface area contributed by atoms with Gasteiger partial charge >= 0.3 is 0 Å². The fraction of sp³-hybridized carbons (Fsp3) is 0.412. The molecule has 6 heteroatoms. The third-order valence-corrected chi connectivity index (χ3v) is 4.15. The second-order valence-corrected chi connectivity index (χ2v) is 5.87. The Balaban J connectivity index is 1.88. The number of ether oxygens (including phenoxy) is 1. The van der Waals surface area contributed by atoms with Crippen molar-refractivity contribution in [2.24, 2.45) is 0 Å². The zero-order chi connectivity index (χ0) is 16.4. The fourth-order valence-corrected chi connectivity index (χ4v) is 2.84. The number of piperazine rings is 1. The lowest BCUT2D eigenvalue weighted by Gasteiger charge is -2.33. The summed E-state index contributed by atoms with van der Waals surface area (Å²) in [5, 5.41) is 7.75. The first kappa shape index (κ1) is 15.6. The molecule has 1 saturated heterocycles. The molecule has 2 heterocycles. The molecule has 0 radical (unpaired) electrons. The van der Waals surface area contributed by atoms with E-state index in [4.69, 9.17) is 4.74 Å². The number of benzene rings is 1. The summed E-state index contributed by atoms with van der Waals surface area (Å²) >= 11 is 0. The summed E-state index contributed by atoms with van der Waals surface area (Å²) in [6, 6.07) is 7.83. The van der Waals surface area contributed by atoms with E-state index in [0.29, 0.717) is 12.2 Å². The van der Waals surface area contributed by atoms with Crippen LogP contribution in [0, 0.1) is 6.92 Å². The van der Waals surface area contributed by atoms with Gasteiger partial charge in [0, 0.05) is 31.9 Å². The summed E-state index contributed by atoms with van der Waals surface area (Å²) in [5.74, 6) is 0.706. The van der Waals surface area contributed by atoms with Crippen LogP contribution in [0.15, 0.2) is 30.5 Å². The van der Waals surface area contributed by atoms with Crippen LogP contribution in [0.25, 0.3) is 5.69 Å². The minimum atomic E-state index is -0.0237. The Bertz CT molecular complexity index is 710. The van der Waals surface area contributed by atoms with Crippen LogP contribution in [-0.2, 0) is 0 Å². The van der Waals surface area contributed by atoms with Crippen molar-refractivity contribution in [3.05, 3.63) is 41.7 Å². The maximum absolute atomic E-state index is 12.7. The van der Waals surface area contributed by atoms with E-state index in [9.17, 15) is 4.79 Å². The van der Waals surface area contributed by atoms with Crippen molar-refractivity contribution in [2.75, 3.05) is 26.7 Å². The second kappa shape index (κ2) is 6.42. The first-order valence-corrected chi connectivity index (χ1v) is 7.82. The number of hydrogen-bond donors (Lipinski definition) is 1. The van der Waals surface area contributed by atoms with Crippen molar-refractivity contribution in [1.82, 2.24) is 20.0 Å². The number of nitrogens with one attached hydrogen (secondary N) is 1. The molecule has 1 aliphatic rings. The number of aryl methyl sites for hydroxylation is 1. The van der Waals surface area contributed by atoms with E-state index in [2.05, 4.69) is 10.4 Å². The Morgan fingerprint density at radius 1 is 1.39 bits per heavy atom. The number of carbonyl (C=O) groups is 1. The molecule has 0 spiro atoms. The molecule has 6 nitrogen and oxygen atoms in total. The summed E-state index contributed by atoms with van der Waals surface area (Å²) in [5.41, 5.74) is 2.40. The lowest BCUT2D eigenvalue weighted by atomic mass is 10.2. The Morgan fingerprint density at radius 2 is 2.22 bits per heavy atom. The van der Waals surface area contributed by atoms with Crippen molar-refractivity contribution in [3.63, 3.8) is 0 Å². The first-order valence-electron chi connectivity index (χ1n) is 7.82. The normalized spacial score (nSPS) is 18.0. The summed E-state index contributed by atoms with van der Waals surface area (Å²) in [6.07, 6.45) is 1.80. The van der Waals surface area contributed by atoms with Crippen molar-refractivity contribution in [1.29, 1.82) is 0 Å². The standard InChI is InChI=1S/C17H22N4O2/c1-12-4-5-16(23-3)15(10-12)21-8-6-14(19-21)17(22)20-9-7-18-11-13(20)2/h4-6,8,10,13,18H,7,9,11H2,1-3H3/t13-/m1/s1. The van der Waals surface area contributed by atoms with E-state index in [-0.39, 0.29) is 11.9 Å². The van der Waals surface area contributed by atoms with Crippen molar-refractivity contribution >= 4 is 5.91 Å². The minimum Gasteiger partial charge on any atom is -0.494 e. The molecule has 1 amide bonds. The van der Waals surface area contributed by atoms with Crippen LogP contribution in [0.2, 0.25) is 0 Å². The molecule has 3 rings (SSSR count). The molecule has 0 saturated carbocycles. The quantitative estimate of drug-likeness (QED) is 0.935. The SMILES string of the molecule is COc1ccc(C)cc1-n1ccc(C(=O)N2CCNC[C@H]2C)n1. The highest BCUT2D eigenvalue weighted by Gasteiger charge is 2.25. The molecule has 1 N–H and O–H groups in total. The maximum atomic E-state index is 12.7. The molecule has 122 valence electrons. The second-order valence-electron chi connectivity index (χ2n) is 5.87. The highest BCUT2D eigenvalue weighted by molar-refractivity contribution is 5.92. The van der Waals surface area contributed by atoms with Crippen LogP contribution < -0.4 is 10.1 Å². The average Bonchev–Trinajstić information content (AvgIpc) is 3.04. The third kappa shape index (κ3) is 3.07. The van der Waals surface area contributed by atoms with Gasteiger partial charge in [0.15, 0.2) is 5.69 Å². The topological polar surface area (TPSA) is 59.4 Å². The van der Waals surface area contributed by atoms with E-state index in [0.717, 1.165) is 30.1 Å². The van der Waals surface area contributed by atoms with Gasteiger partial charge in [-0.1, -0.05) is 6.07 Å². The van der Waals surface area contributed by atoms with Gasteiger partial charge in [-0.05, 0) is 37.6 Å². The lowest BCUT2D eigenvalue weighted by molar-refractivity contribution is 0.0649. The van der Waals surface area contributed by atoms with E-state index in [1.54, 1.807) is 24.1 Å². The van der Waals surface area contributed by atoms with Crippen LogP contribution in [0.1, 0.15) is 23.0 Å². The van der Waals surface area contributed by atoms with Gasteiger partial charge in [-0.2, -0.15) is 5.10 Å². The van der Waals surface area contributed by atoms with E-state index < -0.39 is 0 Å². The molecule has 1 aromatic carbocycles. The van der Waals surface area contributed by atoms with Gasteiger partial charge in [0.25, 0.3) is 5.91 Å². The van der Waals surface area contributed by atoms with Gasteiger partial charge in [-0.25, -0.2) is 4.68 Å². The number of carbonyl (C=O) groups excluding carboxylic acids is 1. The minimum absolute atomic E-state index is 0.0237. The molecule has 23 heavy (non-hydrogen) atoms. The molecule has 0 aliphatic carbocycles. The zero-order valence-electron chi connectivity index (χ0n) is 13.7. The van der Waals surface area contributed by atoms with E-state index >= 15 is 0 Å².